The predicted octanol–water partition coefficient (Wildman–Crippen LogP) is 1.47. The first-order chi connectivity index (χ1) is 10.7. The van der Waals surface area contributed by atoms with E-state index in [1.165, 1.54) is 12.8 Å². The Morgan fingerprint density at radius 2 is 1.95 bits per heavy atom. The number of ether oxygens (including phenoxy) is 1. The van der Waals surface area contributed by atoms with E-state index in [1.807, 2.05) is 17.9 Å². The Balaban J connectivity index is 1.65. The van der Waals surface area contributed by atoms with Crippen LogP contribution < -0.4 is 4.90 Å². The molecule has 1 amide bonds. The van der Waals surface area contributed by atoms with Crippen LogP contribution in [-0.4, -0.2) is 59.2 Å². The number of carbonyl (C=O) groups excluding carboxylic acids is 1. The fraction of sp³-hybridized carbons (Fsp3) is 0.688. The maximum absolute atomic E-state index is 12.1. The van der Waals surface area contributed by atoms with Crippen molar-refractivity contribution in [1.29, 1.82) is 0 Å². The number of rotatable bonds is 4. The van der Waals surface area contributed by atoms with Gasteiger partial charge in [-0.15, -0.1) is 0 Å². The topological polar surface area (TPSA) is 58.6 Å². The summed E-state index contributed by atoms with van der Waals surface area (Å²) in [5.74, 6) is 0.936. The highest BCUT2D eigenvalue weighted by Gasteiger charge is 2.44. The zero-order valence-electron chi connectivity index (χ0n) is 13.2. The summed E-state index contributed by atoms with van der Waals surface area (Å²) in [6.07, 6.45) is 7.92. The molecule has 1 aromatic heterocycles. The summed E-state index contributed by atoms with van der Waals surface area (Å²) < 4.78 is 5.23. The highest BCUT2D eigenvalue weighted by Crippen LogP contribution is 2.40. The van der Waals surface area contributed by atoms with Gasteiger partial charge in [0, 0.05) is 44.2 Å². The van der Waals surface area contributed by atoms with Gasteiger partial charge in [-0.2, -0.15) is 0 Å². The number of anilines is 1. The molecule has 2 fully saturated rings. The average Bonchev–Trinajstić information content (AvgIpc) is 2.97. The van der Waals surface area contributed by atoms with Crippen molar-refractivity contribution in [2.24, 2.45) is 0 Å². The molecule has 1 aromatic rings. The van der Waals surface area contributed by atoms with E-state index in [0.717, 1.165) is 38.4 Å². The van der Waals surface area contributed by atoms with Gasteiger partial charge in [-0.3, -0.25) is 4.79 Å². The van der Waals surface area contributed by atoms with Gasteiger partial charge < -0.3 is 14.5 Å². The molecule has 22 heavy (non-hydrogen) atoms. The van der Waals surface area contributed by atoms with Crippen molar-refractivity contribution in [3.05, 3.63) is 18.5 Å². The highest BCUT2D eigenvalue weighted by atomic mass is 16.5. The summed E-state index contributed by atoms with van der Waals surface area (Å²) in [6, 6.07) is 1.85. The SMILES string of the molecule is CCOCC(=O)N1CCC2(CCCN2c2ncccn2)CC1. The maximum atomic E-state index is 12.1. The Labute approximate surface area is 131 Å². The maximum Gasteiger partial charge on any atom is 0.248 e. The van der Waals surface area contributed by atoms with Crippen molar-refractivity contribution < 1.29 is 9.53 Å². The summed E-state index contributed by atoms with van der Waals surface area (Å²) >= 11 is 0. The second-order valence-corrected chi connectivity index (χ2v) is 6.05. The molecule has 3 rings (SSSR count). The number of nitrogens with zero attached hydrogens (tertiary/aromatic N) is 4. The van der Waals surface area contributed by atoms with E-state index in [1.54, 1.807) is 12.4 Å². The number of carbonyl (C=O) groups is 1. The van der Waals surface area contributed by atoms with Gasteiger partial charge in [-0.1, -0.05) is 0 Å². The van der Waals surface area contributed by atoms with Gasteiger partial charge in [-0.25, -0.2) is 9.97 Å². The Morgan fingerprint density at radius 3 is 2.64 bits per heavy atom. The van der Waals surface area contributed by atoms with E-state index >= 15 is 0 Å². The first-order valence-electron chi connectivity index (χ1n) is 8.15. The van der Waals surface area contributed by atoms with E-state index in [0.29, 0.717) is 6.61 Å². The molecular formula is C16H24N4O2. The van der Waals surface area contributed by atoms with Gasteiger partial charge in [0.2, 0.25) is 11.9 Å². The molecule has 3 heterocycles. The van der Waals surface area contributed by atoms with E-state index in [9.17, 15) is 4.79 Å². The Morgan fingerprint density at radius 1 is 1.23 bits per heavy atom. The van der Waals surface area contributed by atoms with Crippen LogP contribution in [0.5, 0.6) is 0 Å². The number of piperidine rings is 1. The first kappa shape index (κ1) is 15.2. The lowest BCUT2D eigenvalue weighted by atomic mass is 9.85. The standard InChI is InChI=1S/C16H24N4O2/c1-2-22-13-14(21)19-11-6-16(7-12-19)5-3-10-20(16)15-17-8-4-9-18-15/h4,8-9H,2-3,5-7,10-13H2,1H3. The van der Waals surface area contributed by atoms with Crippen LogP contribution in [0.3, 0.4) is 0 Å². The summed E-state index contributed by atoms with van der Waals surface area (Å²) in [4.78, 5) is 25.2. The Kier molecular flexibility index (Phi) is 4.57. The first-order valence-corrected chi connectivity index (χ1v) is 8.15. The Bertz CT molecular complexity index is 500. The smallest absolute Gasteiger partial charge is 0.248 e. The number of hydrogen-bond acceptors (Lipinski definition) is 5. The molecule has 120 valence electrons. The second-order valence-electron chi connectivity index (χ2n) is 6.05. The molecule has 0 saturated carbocycles. The largest absolute Gasteiger partial charge is 0.372 e. The van der Waals surface area contributed by atoms with Crippen molar-refractivity contribution in [1.82, 2.24) is 14.9 Å². The molecule has 0 atom stereocenters. The van der Waals surface area contributed by atoms with Crippen molar-refractivity contribution in [3.8, 4) is 0 Å². The fourth-order valence-electron chi connectivity index (χ4n) is 3.65. The van der Waals surface area contributed by atoms with Crippen LogP contribution in [-0.2, 0) is 9.53 Å². The van der Waals surface area contributed by atoms with Crippen LogP contribution in [0.2, 0.25) is 0 Å². The summed E-state index contributed by atoms with van der Waals surface area (Å²) in [5, 5.41) is 0. The van der Waals surface area contributed by atoms with Gasteiger partial charge in [-0.05, 0) is 38.7 Å². The third-order valence-electron chi connectivity index (χ3n) is 4.87. The monoisotopic (exact) mass is 304 g/mol. The minimum Gasteiger partial charge on any atom is -0.372 e. The number of amides is 1. The van der Waals surface area contributed by atoms with Crippen LogP contribution in [0.15, 0.2) is 18.5 Å². The lowest BCUT2D eigenvalue weighted by molar-refractivity contribution is -0.137. The molecule has 0 unspecified atom stereocenters. The highest BCUT2D eigenvalue weighted by molar-refractivity contribution is 5.77. The van der Waals surface area contributed by atoms with Gasteiger partial charge >= 0.3 is 0 Å². The predicted molar refractivity (Wildman–Crippen MR) is 83.7 cm³/mol. The molecule has 6 nitrogen and oxygen atoms in total. The third-order valence-corrected chi connectivity index (χ3v) is 4.87. The number of likely N-dealkylation sites (tertiary alicyclic amines) is 1. The lowest BCUT2D eigenvalue weighted by Gasteiger charge is -2.45. The van der Waals surface area contributed by atoms with E-state index < -0.39 is 0 Å². The molecule has 2 aliphatic heterocycles. The van der Waals surface area contributed by atoms with Crippen LogP contribution in [0.4, 0.5) is 5.95 Å². The molecule has 0 radical (unpaired) electrons. The average molecular weight is 304 g/mol. The fourth-order valence-corrected chi connectivity index (χ4v) is 3.65. The van der Waals surface area contributed by atoms with Crippen LogP contribution >= 0.6 is 0 Å². The van der Waals surface area contributed by atoms with Gasteiger partial charge in [0.15, 0.2) is 0 Å². The normalized spacial score (nSPS) is 20.6. The summed E-state index contributed by atoms with van der Waals surface area (Å²) in [7, 11) is 0. The molecule has 0 aromatic carbocycles. The van der Waals surface area contributed by atoms with Crippen LogP contribution in [0.25, 0.3) is 0 Å². The molecule has 1 spiro atoms. The molecular weight excluding hydrogens is 280 g/mol. The number of hydrogen-bond donors (Lipinski definition) is 0. The van der Waals surface area contributed by atoms with E-state index in [-0.39, 0.29) is 18.1 Å². The number of aromatic nitrogens is 2. The third kappa shape index (κ3) is 2.92. The van der Waals surface area contributed by atoms with Crippen LogP contribution in [0.1, 0.15) is 32.6 Å². The van der Waals surface area contributed by atoms with Gasteiger partial charge in [0.1, 0.15) is 6.61 Å². The van der Waals surface area contributed by atoms with Gasteiger partial charge in [0.05, 0.1) is 0 Å². The Hall–Kier alpha value is -1.69. The minimum absolute atomic E-state index is 0.109. The summed E-state index contributed by atoms with van der Waals surface area (Å²) in [6.45, 7) is 5.31. The van der Waals surface area contributed by atoms with Crippen molar-refractivity contribution >= 4 is 11.9 Å². The minimum atomic E-state index is 0.109. The van der Waals surface area contributed by atoms with Crippen molar-refractivity contribution in [2.75, 3.05) is 37.7 Å². The summed E-state index contributed by atoms with van der Waals surface area (Å²) in [5.41, 5.74) is 0.129. The zero-order chi connectivity index (χ0) is 15.4. The molecule has 0 N–H and O–H groups in total. The molecule has 2 saturated heterocycles. The zero-order valence-corrected chi connectivity index (χ0v) is 13.2. The molecule has 6 heteroatoms. The van der Waals surface area contributed by atoms with Crippen LogP contribution in [0, 0.1) is 0 Å². The molecule has 0 aliphatic carbocycles. The van der Waals surface area contributed by atoms with Crippen molar-refractivity contribution in [3.63, 3.8) is 0 Å². The van der Waals surface area contributed by atoms with Gasteiger partial charge in [0.25, 0.3) is 0 Å². The van der Waals surface area contributed by atoms with E-state index in [4.69, 9.17) is 4.74 Å². The quantitative estimate of drug-likeness (QED) is 0.843. The lowest BCUT2D eigenvalue weighted by Crippen LogP contribution is -2.54. The van der Waals surface area contributed by atoms with E-state index in [2.05, 4.69) is 14.9 Å². The second kappa shape index (κ2) is 6.60. The molecule has 2 aliphatic rings. The van der Waals surface area contributed by atoms with Crippen molar-refractivity contribution in [2.45, 2.75) is 38.1 Å². The molecule has 0 bridgehead atoms.